The van der Waals surface area contributed by atoms with Crippen molar-refractivity contribution >= 4 is 24.0 Å². The standard InChI is InChI=1S/C14H18ClF3N2.ClH/c15-13-5-11(4-12(6-13)14(16,17)18)9-20-3-1-2-10(7-19)8-20;/h4-6,10H,1-3,7-9,19H2;1H. The zero-order chi connectivity index (χ0) is 14.8. The van der Waals surface area contributed by atoms with Crippen molar-refractivity contribution in [2.45, 2.75) is 25.6 Å². The van der Waals surface area contributed by atoms with Crippen molar-refractivity contribution in [1.82, 2.24) is 4.90 Å². The molecule has 1 aromatic rings. The Morgan fingerprint density at radius 3 is 2.62 bits per heavy atom. The second kappa shape index (κ2) is 7.68. The number of hydrogen-bond donors (Lipinski definition) is 1. The Morgan fingerprint density at radius 2 is 2.00 bits per heavy atom. The minimum Gasteiger partial charge on any atom is -0.330 e. The lowest BCUT2D eigenvalue weighted by molar-refractivity contribution is -0.137. The van der Waals surface area contributed by atoms with Crippen molar-refractivity contribution in [2.75, 3.05) is 19.6 Å². The summed E-state index contributed by atoms with van der Waals surface area (Å²) in [5.74, 6) is 0.435. The van der Waals surface area contributed by atoms with E-state index in [0.717, 1.165) is 32.0 Å². The first kappa shape index (κ1) is 18.6. The highest BCUT2D eigenvalue weighted by atomic mass is 35.5. The number of likely N-dealkylation sites (tertiary alicyclic amines) is 1. The maximum atomic E-state index is 12.8. The number of piperidine rings is 1. The third-order valence-corrected chi connectivity index (χ3v) is 3.85. The van der Waals surface area contributed by atoms with Crippen molar-refractivity contribution in [3.63, 3.8) is 0 Å². The van der Waals surface area contributed by atoms with Crippen LogP contribution in [0.15, 0.2) is 18.2 Å². The predicted octanol–water partition coefficient (Wildman–Crippen LogP) is 3.95. The molecule has 0 saturated carbocycles. The molecule has 1 aliphatic heterocycles. The molecule has 0 aromatic heterocycles. The summed E-state index contributed by atoms with van der Waals surface area (Å²) < 4.78 is 38.3. The molecule has 2 rings (SSSR count). The first-order valence-electron chi connectivity index (χ1n) is 6.67. The lowest BCUT2D eigenvalue weighted by Gasteiger charge is -2.32. The maximum absolute atomic E-state index is 12.8. The highest BCUT2D eigenvalue weighted by molar-refractivity contribution is 6.30. The molecular weight excluding hydrogens is 324 g/mol. The molecule has 0 radical (unpaired) electrons. The Morgan fingerprint density at radius 1 is 1.29 bits per heavy atom. The summed E-state index contributed by atoms with van der Waals surface area (Å²) in [6.45, 7) is 2.84. The molecule has 2 nitrogen and oxygen atoms in total. The molecule has 1 heterocycles. The van der Waals surface area contributed by atoms with Crippen LogP contribution in [0.4, 0.5) is 13.2 Å². The van der Waals surface area contributed by atoms with Crippen LogP contribution in [0.1, 0.15) is 24.0 Å². The lowest BCUT2D eigenvalue weighted by atomic mass is 9.97. The molecule has 0 bridgehead atoms. The summed E-state index contributed by atoms with van der Waals surface area (Å²) in [6, 6.07) is 3.74. The van der Waals surface area contributed by atoms with Crippen LogP contribution in [0.3, 0.4) is 0 Å². The van der Waals surface area contributed by atoms with Gasteiger partial charge in [-0.1, -0.05) is 11.6 Å². The van der Waals surface area contributed by atoms with Gasteiger partial charge in [-0.2, -0.15) is 13.2 Å². The van der Waals surface area contributed by atoms with E-state index in [0.29, 0.717) is 24.6 Å². The molecular formula is C14H19Cl2F3N2. The molecule has 1 fully saturated rings. The van der Waals surface area contributed by atoms with Gasteiger partial charge in [0, 0.05) is 18.1 Å². The van der Waals surface area contributed by atoms with Crippen LogP contribution in [-0.4, -0.2) is 24.5 Å². The second-order valence-corrected chi connectivity index (χ2v) is 5.76. The fraction of sp³-hybridized carbons (Fsp3) is 0.571. The zero-order valence-corrected chi connectivity index (χ0v) is 13.1. The smallest absolute Gasteiger partial charge is 0.330 e. The van der Waals surface area contributed by atoms with Crippen LogP contribution in [-0.2, 0) is 12.7 Å². The Balaban J connectivity index is 0.00000220. The molecule has 0 spiro atoms. The quantitative estimate of drug-likeness (QED) is 0.900. The molecule has 120 valence electrons. The van der Waals surface area contributed by atoms with Crippen molar-refractivity contribution in [3.8, 4) is 0 Å². The van der Waals surface area contributed by atoms with Gasteiger partial charge in [0.1, 0.15) is 0 Å². The first-order chi connectivity index (χ1) is 9.38. The van der Waals surface area contributed by atoms with E-state index in [4.69, 9.17) is 17.3 Å². The summed E-state index contributed by atoms with van der Waals surface area (Å²) in [5.41, 5.74) is 5.58. The van der Waals surface area contributed by atoms with E-state index in [-0.39, 0.29) is 17.4 Å². The Labute approximate surface area is 133 Å². The van der Waals surface area contributed by atoms with Gasteiger partial charge in [0.25, 0.3) is 0 Å². The van der Waals surface area contributed by atoms with Gasteiger partial charge in [-0.15, -0.1) is 12.4 Å². The SMILES string of the molecule is Cl.NCC1CCCN(Cc2cc(Cl)cc(C(F)(F)F)c2)C1. The minimum atomic E-state index is -4.36. The van der Waals surface area contributed by atoms with Crippen LogP contribution in [0.2, 0.25) is 5.02 Å². The molecule has 0 amide bonds. The maximum Gasteiger partial charge on any atom is 0.416 e. The summed E-state index contributed by atoms with van der Waals surface area (Å²) in [7, 11) is 0. The summed E-state index contributed by atoms with van der Waals surface area (Å²) >= 11 is 5.79. The van der Waals surface area contributed by atoms with Gasteiger partial charge >= 0.3 is 6.18 Å². The average Bonchev–Trinajstić information content (AvgIpc) is 2.37. The third kappa shape index (κ3) is 5.33. The van der Waals surface area contributed by atoms with Crippen molar-refractivity contribution in [2.24, 2.45) is 11.7 Å². The van der Waals surface area contributed by atoms with Crippen LogP contribution in [0.25, 0.3) is 0 Å². The van der Waals surface area contributed by atoms with Crippen LogP contribution < -0.4 is 5.73 Å². The summed E-state index contributed by atoms with van der Waals surface area (Å²) in [4.78, 5) is 2.15. The van der Waals surface area contributed by atoms with Gasteiger partial charge in [-0.05, 0) is 55.6 Å². The van der Waals surface area contributed by atoms with Crippen molar-refractivity contribution in [1.29, 1.82) is 0 Å². The van der Waals surface area contributed by atoms with E-state index in [1.807, 2.05) is 0 Å². The van der Waals surface area contributed by atoms with Crippen LogP contribution in [0.5, 0.6) is 0 Å². The van der Waals surface area contributed by atoms with Gasteiger partial charge < -0.3 is 5.73 Å². The van der Waals surface area contributed by atoms with E-state index in [1.54, 1.807) is 6.07 Å². The molecule has 1 aliphatic rings. The fourth-order valence-corrected chi connectivity index (χ4v) is 2.91. The average molecular weight is 343 g/mol. The van der Waals surface area contributed by atoms with Crippen molar-refractivity contribution < 1.29 is 13.2 Å². The Hall–Kier alpha value is -0.490. The highest BCUT2D eigenvalue weighted by Gasteiger charge is 2.31. The second-order valence-electron chi connectivity index (χ2n) is 5.32. The molecule has 1 saturated heterocycles. The molecule has 7 heteroatoms. The molecule has 21 heavy (non-hydrogen) atoms. The van der Waals surface area contributed by atoms with E-state index >= 15 is 0 Å². The molecule has 1 unspecified atom stereocenters. The number of rotatable bonds is 3. The van der Waals surface area contributed by atoms with Gasteiger partial charge in [0.05, 0.1) is 5.56 Å². The topological polar surface area (TPSA) is 29.3 Å². The fourth-order valence-electron chi connectivity index (χ4n) is 2.65. The molecule has 0 aliphatic carbocycles. The highest BCUT2D eigenvalue weighted by Crippen LogP contribution is 2.32. The van der Waals surface area contributed by atoms with Gasteiger partial charge in [-0.3, -0.25) is 4.90 Å². The number of hydrogen-bond acceptors (Lipinski definition) is 2. The molecule has 1 atom stereocenters. The van der Waals surface area contributed by atoms with Gasteiger partial charge in [0.2, 0.25) is 0 Å². The van der Waals surface area contributed by atoms with Crippen LogP contribution >= 0.6 is 24.0 Å². The molecule has 2 N–H and O–H groups in total. The van der Waals surface area contributed by atoms with E-state index in [9.17, 15) is 13.2 Å². The van der Waals surface area contributed by atoms with E-state index in [1.165, 1.54) is 6.07 Å². The van der Waals surface area contributed by atoms with E-state index < -0.39 is 11.7 Å². The minimum absolute atomic E-state index is 0. The largest absolute Gasteiger partial charge is 0.416 e. The van der Waals surface area contributed by atoms with Crippen molar-refractivity contribution in [3.05, 3.63) is 34.3 Å². The predicted molar refractivity (Wildman–Crippen MR) is 80.8 cm³/mol. The third-order valence-electron chi connectivity index (χ3n) is 3.63. The first-order valence-corrected chi connectivity index (χ1v) is 7.05. The van der Waals surface area contributed by atoms with Gasteiger partial charge in [0.15, 0.2) is 0 Å². The summed E-state index contributed by atoms with van der Waals surface area (Å²) in [5, 5.41) is 0.127. The Bertz CT molecular complexity index is 466. The summed E-state index contributed by atoms with van der Waals surface area (Å²) in [6.07, 6.45) is -2.23. The number of nitrogens with zero attached hydrogens (tertiary/aromatic N) is 1. The lowest BCUT2D eigenvalue weighted by Crippen LogP contribution is -2.37. The number of alkyl halides is 3. The van der Waals surface area contributed by atoms with E-state index in [2.05, 4.69) is 4.90 Å². The number of benzene rings is 1. The van der Waals surface area contributed by atoms with Gasteiger partial charge in [-0.25, -0.2) is 0 Å². The normalized spacial score (nSPS) is 20.1. The monoisotopic (exact) mass is 342 g/mol. The number of halogens is 5. The van der Waals surface area contributed by atoms with Crippen LogP contribution in [0, 0.1) is 5.92 Å². The number of nitrogens with two attached hydrogens (primary N) is 1. The zero-order valence-electron chi connectivity index (χ0n) is 11.5. The molecule has 1 aromatic carbocycles. The Kier molecular flexibility index (Phi) is 6.78.